The Morgan fingerprint density at radius 1 is 1.08 bits per heavy atom. The number of ether oxygens (including phenoxy) is 2. The van der Waals surface area contributed by atoms with Gasteiger partial charge in [0.15, 0.2) is 11.6 Å². The summed E-state index contributed by atoms with van der Waals surface area (Å²) in [6.07, 6.45) is 3.16. The average Bonchev–Trinajstić information content (AvgIpc) is 3.69. The van der Waals surface area contributed by atoms with Crippen molar-refractivity contribution in [1.29, 1.82) is 0 Å². The third-order valence-corrected chi connectivity index (χ3v) is 7.06. The zero-order valence-corrected chi connectivity index (χ0v) is 21.7. The summed E-state index contributed by atoms with van der Waals surface area (Å²) in [7, 11) is 0. The van der Waals surface area contributed by atoms with Crippen LogP contribution in [-0.4, -0.2) is 21.2 Å². The number of hydrogen-bond acceptors (Lipinski definition) is 6. The Morgan fingerprint density at radius 3 is 2.56 bits per heavy atom. The van der Waals surface area contributed by atoms with Crippen molar-refractivity contribution in [3.63, 3.8) is 0 Å². The summed E-state index contributed by atoms with van der Waals surface area (Å²) in [6, 6.07) is 16.2. The molecule has 2 aromatic heterocycles. The second-order valence-electron chi connectivity index (χ2n) is 9.09. The third-order valence-electron chi connectivity index (χ3n) is 6.43. The van der Waals surface area contributed by atoms with Gasteiger partial charge in [-0.25, -0.2) is 14.2 Å². The van der Waals surface area contributed by atoms with Crippen molar-refractivity contribution in [3.05, 3.63) is 99.6 Å². The molecule has 0 aliphatic heterocycles. The van der Waals surface area contributed by atoms with Crippen molar-refractivity contribution in [3.8, 4) is 28.6 Å². The van der Waals surface area contributed by atoms with Gasteiger partial charge in [0, 0.05) is 29.1 Å². The van der Waals surface area contributed by atoms with Gasteiger partial charge in [0.05, 0.1) is 21.2 Å². The zero-order valence-electron chi connectivity index (χ0n) is 20.2. The molecule has 10 heteroatoms. The fourth-order valence-corrected chi connectivity index (χ4v) is 4.89. The van der Waals surface area contributed by atoms with E-state index in [9.17, 15) is 4.79 Å². The van der Waals surface area contributed by atoms with Crippen molar-refractivity contribution in [1.82, 2.24) is 10.1 Å². The number of halogens is 3. The summed E-state index contributed by atoms with van der Waals surface area (Å²) >= 11 is 12.9. The van der Waals surface area contributed by atoms with Crippen LogP contribution in [0.4, 0.5) is 4.39 Å². The third kappa shape index (κ3) is 5.01. The molecule has 196 valence electrons. The standard InChI is InChI=1S/C29H19Cl2FN2O5/c30-21-2-1-3-22(31)25(21)27-20(28(39-34-27)15-4-5-15)14-37-23-10-6-16-12-18(8-9-19(16)26(23)32)38-24-11-7-17(13-33-24)29(35)36/h1-3,6-13,15H,4-5,14H2,(H,35,36). The van der Waals surface area contributed by atoms with E-state index in [0.717, 1.165) is 12.8 Å². The van der Waals surface area contributed by atoms with E-state index in [1.807, 2.05) is 0 Å². The maximum absolute atomic E-state index is 15.5. The minimum absolute atomic E-state index is 0.0217. The lowest BCUT2D eigenvalue weighted by molar-refractivity contribution is 0.0696. The molecule has 7 nitrogen and oxygen atoms in total. The maximum atomic E-state index is 15.5. The molecule has 0 bridgehead atoms. The van der Waals surface area contributed by atoms with Crippen molar-refractivity contribution in [2.45, 2.75) is 25.4 Å². The van der Waals surface area contributed by atoms with Crippen LogP contribution in [0.5, 0.6) is 17.4 Å². The summed E-state index contributed by atoms with van der Waals surface area (Å²) in [5.41, 5.74) is 1.78. The summed E-state index contributed by atoms with van der Waals surface area (Å²) in [5, 5.41) is 15.1. The summed E-state index contributed by atoms with van der Waals surface area (Å²) < 4.78 is 32.8. The van der Waals surface area contributed by atoms with Crippen LogP contribution in [0.15, 0.2) is 71.4 Å². The fourth-order valence-electron chi connectivity index (χ4n) is 4.31. The Kier molecular flexibility index (Phi) is 6.58. The molecule has 1 saturated carbocycles. The molecule has 6 rings (SSSR count). The molecule has 0 atom stereocenters. The quantitative estimate of drug-likeness (QED) is 0.202. The number of aromatic carboxylic acids is 1. The van der Waals surface area contributed by atoms with Crippen LogP contribution in [0, 0.1) is 5.82 Å². The van der Waals surface area contributed by atoms with Gasteiger partial charge in [-0.1, -0.05) is 40.5 Å². The van der Waals surface area contributed by atoms with E-state index in [0.29, 0.717) is 49.1 Å². The largest absolute Gasteiger partial charge is 0.486 e. The van der Waals surface area contributed by atoms with Gasteiger partial charge in [0.2, 0.25) is 5.88 Å². The predicted octanol–water partition coefficient (Wildman–Crippen LogP) is 8.28. The molecular weight excluding hydrogens is 546 g/mol. The van der Waals surface area contributed by atoms with E-state index in [1.165, 1.54) is 18.3 Å². The number of carboxylic acids is 1. The molecule has 0 saturated heterocycles. The van der Waals surface area contributed by atoms with Crippen molar-refractivity contribution in [2.24, 2.45) is 0 Å². The first-order valence-corrected chi connectivity index (χ1v) is 12.8. The minimum atomic E-state index is -1.08. The molecule has 5 aromatic rings. The number of carbonyl (C=O) groups is 1. The number of nitrogens with zero attached hydrogens (tertiary/aromatic N) is 2. The monoisotopic (exact) mass is 564 g/mol. The van der Waals surface area contributed by atoms with Crippen LogP contribution in [0.3, 0.4) is 0 Å². The van der Waals surface area contributed by atoms with Crippen molar-refractivity contribution < 1.29 is 28.3 Å². The first kappa shape index (κ1) is 25.2. The Bertz CT molecular complexity index is 1700. The van der Waals surface area contributed by atoms with Crippen LogP contribution in [0.25, 0.3) is 22.0 Å². The molecule has 39 heavy (non-hydrogen) atoms. The minimum Gasteiger partial charge on any atom is -0.486 e. The molecule has 3 aromatic carbocycles. The van der Waals surface area contributed by atoms with E-state index >= 15 is 4.39 Å². The van der Waals surface area contributed by atoms with Gasteiger partial charge in [-0.2, -0.15) is 0 Å². The first-order chi connectivity index (χ1) is 18.9. The smallest absolute Gasteiger partial charge is 0.337 e. The van der Waals surface area contributed by atoms with Crippen LogP contribution in [0.1, 0.15) is 40.4 Å². The van der Waals surface area contributed by atoms with Crippen molar-refractivity contribution >= 4 is 39.9 Å². The van der Waals surface area contributed by atoms with E-state index < -0.39 is 11.8 Å². The highest BCUT2D eigenvalue weighted by molar-refractivity contribution is 6.39. The lowest BCUT2D eigenvalue weighted by Crippen LogP contribution is -2.01. The number of pyridine rings is 1. The Labute approximate surface area is 231 Å². The lowest BCUT2D eigenvalue weighted by atomic mass is 10.0. The number of fused-ring (bicyclic) bond motifs is 1. The van der Waals surface area contributed by atoms with E-state index in [2.05, 4.69) is 10.1 Å². The molecule has 0 spiro atoms. The normalized spacial score (nSPS) is 13.0. The zero-order chi connectivity index (χ0) is 27.1. The Morgan fingerprint density at radius 2 is 1.87 bits per heavy atom. The summed E-state index contributed by atoms with van der Waals surface area (Å²) in [4.78, 5) is 15.0. The molecule has 0 unspecified atom stereocenters. The average molecular weight is 565 g/mol. The predicted molar refractivity (Wildman–Crippen MR) is 143 cm³/mol. The van der Waals surface area contributed by atoms with Gasteiger partial charge in [0.1, 0.15) is 23.8 Å². The second kappa shape index (κ2) is 10.2. The molecule has 1 aliphatic carbocycles. The molecule has 0 radical (unpaired) electrons. The van der Waals surface area contributed by atoms with Crippen LogP contribution >= 0.6 is 23.2 Å². The van der Waals surface area contributed by atoms with Gasteiger partial charge in [-0.3, -0.25) is 0 Å². The molecule has 1 fully saturated rings. The molecule has 2 heterocycles. The second-order valence-corrected chi connectivity index (χ2v) is 9.90. The fraction of sp³-hybridized carbons (Fsp3) is 0.138. The van der Waals surface area contributed by atoms with E-state index in [1.54, 1.807) is 48.5 Å². The number of hydrogen-bond donors (Lipinski definition) is 1. The highest BCUT2D eigenvalue weighted by Crippen LogP contribution is 2.46. The molecule has 1 N–H and O–H groups in total. The number of benzene rings is 3. The van der Waals surface area contributed by atoms with E-state index in [-0.39, 0.29) is 29.7 Å². The van der Waals surface area contributed by atoms with Gasteiger partial charge < -0.3 is 19.1 Å². The van der Waals surface area contributed by atoms with Crippen LogP contribution in [0.2, 0.25) is 10.0 Å². The summed E-state index contributed by atoms with van der Waals surface area (Å²) in [6.45, 7) is 0.0217. The Balaban J connectivity index is 1.25. The Hall–Kier alpha value is -4.14. The van der Waals surface area contributed by atoms with Gasteiger partial charge >= 0.3 is 5.97 Å². The van der Waals surface area contributed by atoms with Crippen molar-refractivity contribution in [2.75, 3.05) is 0 Å². The molecule has 1 aliphatic rings. The molecule has 0 amide bonds. The number of carboxylic acid groups (broad SMARTS) is 1. The van der Waals surface area contributed by atoms with Crippen LogP contribution in [-0.2, 0) is 6.61 Å². The first-order valence-electron chi connectivity index (χ1n) is 12.0. The number of aromatic nitrogens is 2. The molecular formula is C29H19Cl2FN2O5. The van der Waals surface area contributed by atoms with Gasteiger partial charge in [-0.05, 0) is 60.7 Å². The van der Waals surface area contributed by atoms with Gasteiger partial charge in [0.25, 0.3) is 0 Å². The summed E-state index contributed by atoms with van der Waals surface area (Å²) in [5.74, 6) is 0.0473. The topological polar surface area (TPSA) is 94.7 Å². The highest BCUT2D eigenvalue weighted by Gasteiger charge is 2.33. The lowest BCUT2D eigenvalue weighted by Gasteiger charge is -2.12. The number of rotatable bonds is 8. The maximum Gasteiger partial charge on any atom is 0.337 e. The highest BCUT2D eigenvalue weighted by atomic mass is 35.5. The SMILES string of the molecule is O=C(O)c1ccc(Oc2ccc3c(F)c(OCc4c(-c5c(Cl)cccc5Cl)noc4C4CC4)ccc3c2)nc1. The van der Waals surface area contributed by atoms with Gasteiger partial charge in [-0.15, -0.1) is 0 Å². The van der Waals surface area contributed by atoms with E-state index in [4.69, 9.17) is 42.3 Å². The van der Waals surface area contributed by atoms with Crippen LogP contribution < -0.4 is 9.47 Å².